The largest absolute Gasteiger partial charge is 0.381 e. The summed E-state index contributed by atoms with van der Waals surface area (Å²) in [6, 6.07) is 19.0. The summed E-state index contributed by atoms with van der Waals surface area (Å²) >= 11 is 1.84. The average Bonchev–Trinajstić information content (AvgIpc) is 2.79. The summed E-state index contributed by atoms with van der Waals surface area (Å²) in [5.74, 6) is 1.81. The molecule has 5 nitrogen and oxygen atoms in total. The highest BCUT2D eigenvalue weighted by Gasteiger charge is 2.14. The predicted octanol–water partition coefficient (Wildman–Crippen LogP) is 4.46. The van der Waals surface area contributed by atoms with E-state index in [1.165, 1.54) is 16.0 Å². The first kappa shape index (κ1) is 25.0. The minimum absolute atomic E-state index is 0. The topological polar surface area (TPSA) is 54.9 Å². The zero-order valence-electron chi connectivity index (χ0n) is 17.5. The second-order valence-electron chi connectivity index (χ2n) is 6.96. The summed E-state index contributed by atoms with van der Waals surface area (Å²) < 4.78 is 11.4. The Labute approximate surface area is 201 Å². The van der Waals surface area contributed by atoms with Gasteiger partial charge in [0.05, 0.1) is 12.7 Å². The minimum Gasteiger partial charge on any atom is -0.381 e. The van der Waals surface area contributed by atoms with Gasteiger partial charge in [-0.3, -0.25) is 4.99 Å². The third kappa shape index (κ3) is 9.24. The van der Waals surface area contributed by atoms with Crippen LogP contribution in [0.25, 0.3) is 0 Å². The van der Waals surface area contributed by atoms with E-state index in [4.69, 9.17) is 9.47 Å². The van der Waals surface area contributed by atoms with E-state index in [9.17, 15) is 0 Å². The molecule has 2 aromatic rings. The molecule has 0 aliphatic carbocycles. The molecule has 1 aliphatic rings. The fourth-order valence-corrected chi connectivity index (χ4v) is 3.94. The van der Waals surface area contributed by atoms with Gasteiger partial charge in [0.1, 0.15) is 0 Å². The lowest BCUT2D eigenvalue weighted by atomic mass is 10.1. The van der Waals surface area contributed by atoms with Crippen LogP contribution in [0, 0.1) is 0 Å². The van der Waals surface area contributed by atoms with Crippen LogP contribution in [-0.4, -0.2) is 44.6 Å². The Morgan fingerprint density at radius 1 is 1.07 bits per heavy atom. The first-order valence-corrected chi connectivity index (χ1v) is 11.2. The van der Waals surface area contributed by atoms with Crippen molar-refractivity contribution in [1.82, 2.24) is 10.6 Å². The molecule has 0 spiro atoms. The lowest BCUT2D eigenvalue weighted by Crippen LogP contribution is -2.37. The predicted molar refractivity (Wildman–Crippen MR) is 136 cm³/mol. The maximum absolute atomic E-state index is 6.03. The highest BCUT2D eigenvalue weighted by Crippen LogP contribution is 2.16. The monoisotopic (exact) mass is 541 g/mol. The van der Waals surface area contributed by atoms with Crippen LogP contribution in [-0.2, 0) is 22.6 Å². The summed E-state index contributed by atoms with van der Waals surface area (Å²) in [6.07, 6.45) is 2.31. The maximum atomic E-state index is 6.03. The third-order valence-electron chi connectivity index (χ3n) is 4.74. The molecule has 1 fully saturated rings. The summed E-state index contributed by atoms with van der Waals surface area (Å²) in [4.78, 5) is 5.61. The van der Waals surface area contributed by atoms with Crippen molar-refractivity contribution in [3.63, 3.8) is 0 Å². The van der Waals surface area contributed by atoms with Crippen molar-refractivity contribution in [2.75, 3.05) is 32.6 Å². The molecule has 0 bridgehead atoms. The molecular weight excluding hydrogens is 509 g/mol. The van der Waals surface area contributed by atoms with Gasteiger partial charge in [0.2, 0.25) is 0 Å². The van der Waals surface area contributed by atoms with E-state index in [1.54, 1.807) is 7.05 Å². The van der Waals surface area contributed by atoms with Crippen molar-refractivity contribution < 1.29 is 9.47 Å². The second kappa shape index (κ2) is 14.7. The molecule has 0 unspecified atom stereocenters. The minimum atomic E-state index is 0. The van der Waals surface area contributed by atoms with Gasteiger partial charge in [-0.05, 0) is 36.1 Å². The van der Waals surface area contributed by atoms with Crippen molar-refractivity contribution in [3.8, 4) is 0 Å². The number of hydrogen-bond acceptors (Lipinski definition) is 4. The number of benzene rings is 2. The Kier molecular flexibility index (Phi) is 12.2. The standard InChI is InChI=1S/C23H31N3O2S.HI/c1-24-23(25-12-15-29-22-8-3-2-4-9-22)26-17-19-6-5-7-20(16-19)18-28-21-10-13-27-14-11-21;/h2-9,16,21H,10-15,17-18H2,1H3,(H2,24,25,26);1H. The molecule has 1 heterocycles. The number of thioether (sulfide) groups is 1. The van der Waals surface area contributed by atoms with Crippen LogP contribution in [0.1, 0.15) is 24.0 Å². The van der Waals surface area contributed by atoms with Gasteiger partial charge in [0, 0.05) is 44.0 Å². The van der Waals surface area contributed by atoms with Gasteiger partial charge >= 0.3 is 0 Å². The molecule has 164 valence electrons. The van der Waals surface area contributed by atoms with E-state index in [-0.39, 0.29) is 24.0 Å². The number of hydrogen-bond donors (Lipinski definition) is 2. The summed E-state index contributed by atoms with van der Waals surface area (Å²) in [6.45, 7) is 3.87. The summed E-state index contributed by atoms with van der Waals surface area (Å²) in [7, 11) is 1.80. The van der Waals surface area contributed by atoms with Crippen molar-refractivity contribution in [1.29, 1.82) is 0 Å². The SMILES string of the molecule is CN=C(NCCSc1ccccc1)NCc1cccc(COC2CCOCC2)c1.I. The lowest BCUT2D eigenvalue weighted by Gasteiger charge is -2.22. The van der Waals surface area contributed by atoms with Gasteiger partial charge in [-0.25, -0.2) is 0 Å². The Balaban J connectivity index is 0.00000320. The van der Waals surface area contributed by atoms with E-state index in [1.807, 2.05) is 17.8 Å². The van der Waals surface area contributed by atoms with Crippen molar-refractivity contribution in [2.45, 2.75) is 37.0 Å². The zero-order valence-corrected chi connectivity index (χ0v) is 20.7. The van der Waals surface area contributed by atoms with E-state index in [0.717, 1.165) is 50.9 Å². The molecule has 2 aromatic carbocycles. The highest BCUT2D eigenvalue weighted by atomic mass is 127. The Morgan fingerprint density at radius 3 is 2.60 bits per heavy atom. The van der Waals surface area contributed by atoms with E-state index in [2.05, 4.69) is 64.2 Å². The van der Waals surface area contributed by atoms with Crippen LogP contribution in [0.2, 0.25) is 0 Å². The normalized spacial score (nSPS) is 14.8. The molecule has 2 N–H and O–H groups in total. The van der Waals surface area contributed by atoms with Crippen LogP contribution in [0.4, 0.5) is 0 Å². The van der Waals surface area contributed by atoms with Gasteiger partial charge in [0.25, 0.3) is 0 Å². The molecule has 0 radical (unpaired) electrons. The molecule has 0 amide bonds. The molecule has 0 atom stereocenters. The van der Waals surface area contributed by atoms with Gasteiger partial charge in [-0.1, -0.05) is 42.5 Å². The smallest absolute Gasteiger partial charge is 0.191 e. The van der Waals surface area contributed by atoms with Gasteiger partial charge in [-0.15, -0.1) is 35.7 Å². The van der Waals surface area contributed by atoms with Crippen LogP contribution < -0.4 is 10.6 Å². The number of ether oxygens (including phenoxy) is 2. The van der Waals surface area contributed by atoms with Crippen LogP contribution >= 0.6 is 35.7 Å². The third-order valence-corrected chi connectivity index (χ3v) is 5.75. The zero-order chi connectivity index (χ0) is 20.2. The van der Waals surface area contributed by atoms with E-state index in [0.29, 0.717) is 12.7 Å². The molecule has 1 aliphatic heterocycles. The lowest BCUT2D eigenvalue weighted by molar-refractivity contribution is -0.0390. The summed E-state index contributed by atoms with van der Waals surface area (Å²) in [5.41, 5.74) is 2.43. The molecular formula is C23H32IN3O2S. The van der Waals surface area contributed by atoms with Crippen molar-refractivity contribution in [3.05, 3.63) is 65.7 Å². The molecule has 7 heteroatoms. The molecule has 0 saturated carbocycles. The van der Waals surface area contributed by atoms with Gasteiger partial charge < -0.3 is 20.1 Å². The number of guanidine groups is 1. The van der Waals surface area contributed by atoms with Crippen LogP contribution in [0.15, 0.2) is 64.5 Å². The number of nitrogens with zero attached hydrogens (tertiary/aromatic N) is 1. The van der Waals surface area contributed by atoms with Gasteiger partial charge in [-0.2, -0.15) is 0 Å². The first-order valence-electron chi connectivity index (χ1n) is 10.2. The maximum Gasteiger partial charge on any atom is 0.191 e. The Bertz CT molecular complexity index is 755. The quantitative estimate of drug-likeness (QED) is 0.162. The second-order valence-corrected chi connectivity index (χ2v) is 8.13. The highest BCUT2D eigenvalue weighted by molar-refractivity contribution is 14.0. The first-order chi connectivity index (χ1) is 14.3. The number of rotatable bonds is 9. The molecule has 30 heavy (non-hydrogen) atoms. The van der Waals surface area contributed by atoms with Crippen LogP contribution in [0.3, 0.4) is 0 Å². The number of halogens is 1. The Hall–Kier alpha value is -1.29. The molecule has 3 rings (SSSR count). The van der Waals surface area contributed by atoms with Crippen molar-refractivity contribution >= 4 is 41.7 Å². The molecule has 1 saturated heterocycles. The van der Waals surface area contributed by atoms with E-state index < -0.39 is 0 Å². The number of nitrogens with one attached hydrogen (secondary N) is 2. The van der Waals surface area contributed by atoms with Crippen LogP contribution in [0.5, 0.6) is 0 Å². The fourth-order valence-electron chi connectivity index (χ4n) is 3.15. The molecule has 0 aromatic heterocycles. The fraction of sp³-hybridized carbons (Fsp3) is 0.435. The number of aliphatic imine (C=N–C) groups is 1. The Morgan fingerprint density at radius 2 is 1.83 bits per heavy atom. The van der Waals surface area contributed by atoms with Crippen molar-refractivity contribution in [2.24, 2.45) is 4.99 Å². The van der Waals surface area contributed by atoms with Gasteiger partial charge in [0.15, 0.2) is 5.96 Å². The summed E-state index contributed by atoms with van der Waals surface area (Å²) in [5, 5.41) is 6.76. The van der Waals surface area contributed by atoms with E-state index >= 15 is 0 Å². The average molecular weight is 541 g/mol.